The smallest absolute Gasteiger partial charge is 0.251 e. The predicted octanol–water partition coefficient (Wildman–Crippen LogP) is 3.10. The summed E-state index contributed by atoms with van der Waals surface area (Å²) in [4.78, 5) is 14.0. The maximum Gasteiger partial charge on any atom is 0.251 e. The van der Waals surface area contributed by atoms with Gasteiger partial charge >= 0.3 is 0 Å². The molecule has 0 unspecified atom stereocenters. The summed E-state index contributed by atoms with van der Waals surface area (Å²) in [7, 11) is 5.80. The summed E-state index contributed by atoms with van der Waals surface area (Å²) in [5, 5.41) is 3.05. The molecule has 0 heterocycles. The van der Waals surface area contributed by atoms with E-state index in [9.17, 15) is 4.79 Å². The van der Waals surface area contributed by atoms with Crippen molar-refractivity contribution in [3.8, 4) is 17.2 Å². The van der Waals surface area contributed by atoms with E-state index in [2.05, 4.69) is 25.5 Å². The van der Waals surface area contributed by atoms with Crippen molar-refractivity contribution in [3.63, 3.8) is 0 Å². The molecule has 3 aromatic carbocycles. The van der Waals surface area contributed by atoms with Gasteiger partial charge < -0.3 is 19.7 Å². The summed E-state index contributed by atoms with van der Waals surface area (Å²) >= 11 is 0. The number of rotatable bonds is 8. The van der Waals surface area contributed by atoms with Crippen LogP contribution in [0.15, 0.2) is 78.9 Å². The van der Waals surface area contributed by atoms with Crippen molar-refractivity contribution in [2.75, 3.05) is 27.7 Å². The average Bonchev–Trinajstić information content (AvgIpc) is 2.74. The van der Waals surface area contributed by atoms with Crippen molar-refractivity contribution >= 4 is 5.91 Å². The highest BCUT2D eigenvalue weighted by atomic mass is 16.5. The first-order valence-electron chi connectivity index (χ1n) is 9.62. The van der Waals surface area contributed by atoms with Gasteiger partial charge in [0.25, 0.3) is 5.91 Å². The fraction of sp³-hybridized carbons (Fsp3) is 0.208. The highest BCUT2D eigenvalue weighted by molar-refractivity contribution is 5.94. The molecule has 5 nitrogen and oxygen atoms in total. The Kier molecular flexibility index (Phi) is 6.87. The number of carbonyl (C=O) groups excluding carboxylic acids is 1. The minimum Gasteiger partial charge on any atom is -0.497 e. The summed E-state index contributed by atoms with van der Waals surface area (Å²) in [6.45, 7) is 0.512. The molecule has 5 heteroatoms. The first-order chi connectivity index (χ1) is 14.1. The zero-order valence-electron chi connectivity index (χ0n) is 17.0. The molecule has 1 atom stereocenters. The lowest BCUT2D eigenvalue weighted by Crippen LogP contribution is -3.07. The summed E-state index contributed by atoms with van der Waals surface area (Å²) in [6.07, 6.45) is 0. The van der Waals surface area contributed by atoms with Crippen LogP contribution in [-0.2, 0) is 0 Å². The molecule has 0 aliphatic heterocycles. The van der Waals surface area contributed by atoms with Crippen LogP contribution in [0.1, 0.15) is 22.0 Å². The van der Waals surface area contributed by atoms with Crippen LogP contribution < -0.4 is 19.7 Å². The SMILES string of the molecule is COc1cccc([C@@H](CNC(=O)c2cccc(Oc3ccccc3)c2)[NH+](C)C)c1. The van der Waals surface area contributed by atoms with Crippen LogP contribution in [0.2, 0.25) is 0 Å². The normalized spacial score (nSPS) is 11.7. The minimum atomic E-state index is -0.127. The zero-order valence-corrected chi connectivity index (χ0v) is 17.0. The Morgan fingerprint density at radius 1 is 0.897 bits per heavy atom. The van der Waals surface area contributed by atoms with Crippen molar-refractivity contribution < 1.29 is 19.2 Å². The summed E-state index contributed by atoms with van der Waals surface area (Å²) in [5.74, 6) is 2.05. The van der Waals surface area contributed by atoms with Crippen LogP contribution in [0.4, 0.5) is 0 Å². The number of benzene rings is 3. The van der Waals surface area contributed by atoms with Crippen LogP contribution in [0.3, 0.4) is 0 Å². The van der Waals surface area contributed by atoms with Gasteiger partial charge in [-0.25, -0.2) is 0 Å². The second-order valence-electron chi connectivity index (χ2n) is 7.06. The number of likely N-dealkylation sites (N-methyl/N-ethyl adjacent to an activating group) is 1. The van der Waals surface area contributed by atoms with Crippen LogP contribution in [0.25, 0.3) is 0 Å². The summed E-state index contributed by atoms with van der Waals surface area (Å²) in [6, 6.07) is 24.8. The van der Waals surface area contributed by atoms with Crippen LogP contribution in [0.5, 0.6) is 17.2 Å². The first kappa shape index (κ1) is 20.4. The number of methoxy groups -OCH3 is 1. The Morgan fingerprint density at radius 3 is 2.31 bits per heavy atom. The molecule has 0 saturated carbocycles. The van der Waals surface area contributed by atoms with Gasteiger partial charge in [0.2, 0.25) is 0 Å². The third-order valence-corrected chi connectivity index (χ3v) is 4.73. The van der Waals surface area contributed by atoms with E-state index in [0.29, 0.717) is 17.9 Å². The summed E-state index contributed by atoms with van der Waals surface area (Å²) in [5.41, 5.74) is 1.68. The lowest BCUT2D eigenvalue weighted by Gasteiger charge is -2.22. The van der Waals surface area contributed by atoms with E-state index in [0.717, 1.165) is 17.1 Å². The molecule has 150 valence electrons. The molecule has 3 aromatic rings. The van der Waals surface area contributed by atoms with Crippen molar-refractivity contribution in [2.24, 2.45) is 0 Å². The lowest BCUT2D eigenvalue weighted by molar-refractivity contribution is -0.890. The molecule has 0 spiro atoms. The number of amides is 1. The Bertz CT molecular complexity index is 942. The van der Waals surface area contributed by atoms with Crippen molar-refractivity contribution in [1.29, 1.82) is 0 Å². The number of para-hydroxylation sites is 1. The fourth-order valence-corrected chi connectivity index (χ4v) is 3.14. The highest BCUT2D eigenvalue weighted by Crippen LogP contribution is 2.22. The maximum absolute atomic E-state index is 12.7. The maximum atomic E-state index is 12.7. The molecule has 0 saturated heterocycles. The van der Waals surface area contributed by atoms with E-state index in [1.54, 1.807) is 19.2 Å². The molecule has 2 N–H and O–H groups in total. The van der Waals surface area contributed by atoms with Crippen molar-refractivity contribution in [1.82, 2.24) is 5.32 Å². The van der Waals surface area contributed by atoms with Gasteiger partial charge in [-0.05, 0) is 42.5 Å². The zero-order chi connectivity index (χ0) is 20.6. The van der Waals surface area contributed by atoms with Crippen LogP contribution in [0, 0.1) is 0 Å². The number of nitrogens with one attached hydrogen (secondary N) is 2. The Labute approximate surface area is 171 Å². The van der Waals surface area contributed by atoms with Gasteiger partial charge in [0.05, 0.1) is 27.7 Å². The van der Waals surface area contributed by atoms with E-state index in [-0.39, 0.29) is 11.9 Å². The van der Waals surface area contributed by atoms with Gasteiger partial charge in [0, 0.05) is 11.1 Å². The number of quaternary nitrogens is 1. The minimum absolute atomic E-state index is 0.109. The molecule has 0 aliphatic rings. The number of ether oxygens (including phenoxy) is 2. The van der Waals surface area contributed by atoms with Gasteiger partial charge in [-0.15, -0.1) is 0 Å². The standard InChI is InChI=1S/C24H26N2O3/c1-26(2)23(18-9-7-13-21(15-18)28-3)17-25-24(27)19-10-8-14-22(16-19)29-20-11-5-4-6-12-20/h4-16,23H,17H2,1-3H3,(H,25,27)/p+1/t23-/m1/s1. The fourth-order valence-electron chi connectivity index (χ4n) is 3.14. The molecule has 29 heavy (non-hydrogen) atoms. The van der Waals surface area contributed by atoms with E-state index >= 15 is 0 Å². The van der Waals surface area contributed by atoms with Crippen molar-refractivity contribution in [3.05, 3.63) is 90.0 Å². The second-order valence-corrected chi connectivity index (χ2v) is 7.06. The average molecular weight is 391 g/mol. The molecule has 1 amide bonds. The molecule has 0 radical (unpaired) electrons. The van der Waals surface area contributed by atoms with Gasteiger partial charge in [0.1, 0.15) is 23.3 Å². The molecule has 0 fully saturated rings. The molecule has 0 aliphatic carbocycles. The van der Waals surface area contributed by atoms with Gasteiger partial charge in [-0.2, -0.15) is 0 Å². The quantitative estimate of drug-likeness (QED) is 0.620. The Hall–Kier alpha value is -3.31. The lowest BCUT2D eigenvalue weighted by atomic mass is 10.1. The Morgan fingerprint density at radius 2 is 1.59 bits per heavy atom. The third-order valence-electron chi connectivity index (χ3n) is 4.73. The van der Waals surface area contributed by atoms with E-state index in [4.69, 9.17) is 9.47 Å². The number of carbonyl (C=O) groups is 1. The van der Waals surface area contributed by atoms with E-state index in [1.165, 1.54) is 4.90 Å². The second kappa shape index (κ2) is 9.75. The predicted molar refractivity (Wildman–Crippen MR) is 114 cm³/mol. The molecular weight excluding hydrogens is 364 g/mol. The van der Waals surface area contributed by atoms with E-state index in [1.807, 2.05) is 60.7 Å². The monoisotopic (exact) mass is 391 g/mol. The molecule has 0 aromatic heterocycles. The van der Waals surface area contributed by atoms with Crippen molar-refractivity contribution in [2.45, 2.75) is 6.04 Å². The molecular formula is C24H27N2O3+. The van der Waals surface area contributed by atoms with Crippen LogP contribution in [-0.4, -0.2) is 33.7 Å². The van der Waals surface area contributed by atoms with E-state index < -0.39 is 0 Å². The number of hydrogen-bond acceptors (Lipinski definition) is 3. The number of hydrogen-bond donors (Lipinski definition) is 2. The summed E-state index contributed by atoms with van der Waals surface area (Å²) < 4.78 is 11.2. The topological polar surface area (TPSA) is 52.0 Å². The first-order valence-corrected chi connectivity index (χ1v) is 9.62. The molecule has 3 rings (SSSR count). The van der Waals surface area contributed by atoms with Gasteiger partial charge in [-0.3, -0.25) is 4.79 Å². The largest absolute Gasteiger partial charge is 0.497 e. The third kappa shape index (κ3) is 5.59. The Balaban J connectivity index is 1.68. The highest BCUT2D eigenvalue weighted by Gasteiger charge is 2.20. The van der Waals surface area contributed by atoms with Gasteiger partial charge in [-0.1, -0.05) is 36.4 Å². The van der Waals surface area contributed by atoms with Gasteiger partial charge in [0.15, 0.2) is 0 Å². The molecule has 0 bridgehead atoms. The van der Waals surface area contributed by atoms with Crippen LogP contribution >= 0.6 is 0 Å².